The summed E-state index contributed by atoms with van der Waals surface area (Å²) in [5.41, 5.74) is 2.91. The first-order chi connectivity index (χ1) is 9.23. The van der Waals surface area contributed by atoms with Gasteiger partial charge in [-0.1, -0.05) is 38.1 Å². The minimum Gasteiger partial charge on any atom is -0.377 e. The Bertz CT molecular complexity index is 375. The normalized spacial score (nSPS) is 18.9. The molecule has 19 heavy (non-hydrogen) atoms. The van der Waals surface area contributed by atoms with Gasteiger partial charge in [0.1, 0.15) is 0 Å². The van der Waals surface area contributed by atoms with Crippen molar-refractivity contribution < 1.29 is 4.74 Å². The molecule has 1 unspecified atom stereocenters. The first kappa shape index (κ1) is 14.5. The van der Waals surface area contributed by atoms with E-state index in [1.54, 1.807) is 0 Å². The number of ether oxygens (including phenoxy) is 1. The standard InChI is InChI=1S/C17H27NO/c1-4-14-7-9-15(10-8-14)16(5-2)18-13-17(19-3)11-6-12-17/h7-10,16,18H,4-6,11-13H2,1-3H3. The van der Waals surface area contributed by atoms with Gasteiger partial charge in [0.2, 0.25) is 0 Å². The molecule has 0 spiro atoms. The lowest BCUT2D eigenvalue weighted by Gasteiger charge is -2.41. The molecule has 1 atom stereocenters. The van der Waals surface area contributed by atoms with Crippen molar-refractivity contribution in [3.63, 3.8) is 0 Å². The van der Waals surface area contributed by atoms with Crippen molar-refractivity contribution >= 4 is 0 Å². The zero-order valence-electron chi connectivity index (χ0n) is 12.5. The summed E-state index contributed by atoms with van der Waals surface area (Å²) in [6.45, 7) is 5.41. The molecule has 106 valence electrons. The Morgan fingerprint density at radius 2 is 1.89 bits per heavy atom. The predicted molar refractivity (Wildman–Crippen MR) is 80.4 cm³/mol. The van der Waals surface area contributed by atoms with Gasteiger partial charge in [0.05, 0.1) is 5.60 Å². The summed E-state index contributed by atoms with van der Waals surface area (Å²) in [7, 11) is 1.85. The van der Waals surface area contributed by atoms with Crippen LogP contribution in [0.25, 0.3) is 0 Å². The van der Waals surface area contributed by atoms with Gasteiger partial charge in [-0.3, -0.25) is 0 Å². The smallest absolute Gasteiger partial charge is 0.0802 e. The van der Waals surface area contributed by atoms with Gasteiger partial charge in [0, 0.05) is 19.7 Å². The Kier molecular flexibility index (Phi) is 5.00. The summed E-state index contributed by atoms with van der Waals surface area (Å²) >= 11 is 0. The van der Waals surface area contributed by atoms with Crippen LogP contribution in [0.5, 0.6) is 0 Å². The Hall–Kier alpha value is -0.860. The average Bonchev–Trinajstić information content (AvgIpc) is 2.42. The van der Waals surface area contributed by atoms with E-state index in [9.17, 15) is 0 Å². The van der Waals surface area contributed by atoms with E-state index >= 15 is 0 Å². The van der Waals surface area contributed by atoms with Crippen LogP contribution in [0.3, 0.4) is 0 Å². The van der Waals surface area contributed by atoms with Gasteiger partial charge in [-0.15, -0.1) is 0 Å². The quantitative estimate of drug-likeness (QED) is 0.804. The summed E-state index contributed by atoms with van der Waals surface area (Å²) in [6.07, 6.45) is 5.92. The van der Waals surface area contributed by atoms with E-state index in [1.165, 1.54) is 30.4 Å². The zero-order chi connectivity index (χ0) is 13.7. The molecule has 0 heterocycles. The van der Waals surface area contributed by atoms with Gasteiger partial charge in [-0.2, -0.15) is 0 Å². The van der Waals surface area contributed by atoms with Crippen molar-refractivity contribution in [2.24, 2.45) is 0 Å². The van der Waals surface area contributed by atoms with Crippen LogP contribution in [0.15, 0.2) is 24.3 Å². The van der Waals surface area contributed by atoms with Crippen LogP contribution in [0.2, 0.25) is 0 Å². The largest absolute Gasteiger partial charge is 0.377 e. The van der Waals surface area contributed by atoms with E-state index in [4.69, 9.17) is 4.74 Å². The minimum absolute atomic E-state index is 0.108. The van der Waals surface area contributed by atoms with Crippen molar-refractivity contribution in [2.45, 2.75) is 57.6 Å². The fourth-order valence-corrected chi connectivity index (χ4v) is 2.82. The number of hydrogen-bond acceptors (Lipinski definition) is 2. The number of rotatable bonds is 7. The van der Waals surface area contributed by atoms with Crippen molar-refractivity contribution in [1.29, 1.82) is 0 Å². The molecule has 2 nitrogen and oxygen atoms in total. The molecule has 0 bridgehead atoms. The number of benzene rings is 1. The highest BCUT2D eigenvalue weighted by atomic mass is 16.5. The minimum atomic E-state index is 0.108. The van der Waals surface area contributed by atoms with Gasteiger partial charge < -0.3 is 10.1 Å². The lowest BCUT2D eigenvalue weighted by molar-refractivity contribution is -0.0709. The van der Waals surface area contributed by atoms with Gasteiger partial charge in [0.15, 0.2) is 0 Å². The number of hydrogen-bond donors (Lipinski definition) is 1. The number of nitrogens with one attached hydrogen (secondary N) is 1. The molecule has 0 saturated heterocycles. The molecule has 1 saturated carbocycles. The molecular weight excluding hydrogens is 234 g/mol. The molecular formula is C17H27NO. The molecule has 1 aliphatic carbocycles. The SMILES string of the molecule is CCc1ccc(C(CC)NCC2(OC)CCC2)cc1. The molecule has 2 heteroatoms. The second kappa shape index (κ2) is 6.53. The highest BCUT2D eigenvalue weighted by molar-refractivity contribution is 5.25. The van der Waals surface area contributed by atoms with Gasteiger partial charge in [0.25, 0.3) is 0 Å². The first-order valence-corrected chi connectivity index (χ1v) is 7.60. The van der Waals surface area contributed by atoms with E-state index in [-0.39, 0.29) is 5.60 Å². The third kappa shape index (κ3) is 3.37. The van der Waals surface area contributed by atoms with E-state index in [0.717, 1.165) is 19.4 Å². The zero-order valence-corrected chi connectivity index (χ0v) is 12.5. The summed E-state index contributed by atoms with van der Waals surface area (Å²) in [5.74, 6) is 0. The molecule has 1 fully saturated rings. The van der Waals surface area contributed by atoms with E-state index in [2.05, 4.69) is 43.4 Å². The molecule has 0 aliphatic heterocycles. The van der Waals surface area contributed by atoms with Crippen LogP contribution in [-0.2, 0) is 11.2 Å². The van der Waals surface area contributed by atoms with Crippen LogP contribution in [0.4, 0.5) is 0 Å². The Morgan fingerprint density at radius 1 is 1.21 bits per heavy atom. The Balaban J connectivity index is 1.95. The fraction of sp³-hybridized carbons (Fsp3) is 0.647. The van der Waals surface area contributed by atoms with Crippen molar-refractivity contribution in [3.05, 3.63) is 35.4 Å². The molecule has 1 aliphatic rings. The monoisotopic (exact) mass is 261 g/mol. The second-order valence-corrected chi connectivity index (χ2v) is 5.68. The third-order valence-corrected chi connectivity index (χ3v) is 4.57. The molecule has 1 N–H and O–H groups in total. The molecule has 2 rings (SSSR count). The van der Waals surface area contributed by atoms with Crippen molar-refractivity contribution in [1.82, 2.24) is 5.32 Å². The highest BCUT2D eigenvalue weighted by Gasteiger charge is 2.37. The van der Waals surface area contributed by atoms with E-state index in [0.29, 0.717) is 6.04 Å². The third-order valence-electron chi connectivity index (χ3n) is 4.57. The summed E-state index contributed by atoms with van der Waals surface area (Å²) in [6, 6.07) is 9.46. The van der Waals surface area contributed by atoms with Crippen molar-refractivity contribution in [3.8, 4) is 0 Å². The lowest BCUT2D eigenvalue weighted by atomic mass is 9.79. The summed E-state index contributed by atoms with van der Waals surface area (Å²) in [5, 5.41) is 3.69. The molecule has 1 aromatic carbocycles. The lowest BCUT2D eigenvalue weighted by Crippen LogP contribution is -2.48. The average molecular weight is 261 g/mol. The van der Waals surface area contributed by atoms with E-state index in [1.807, 2.05) is 7.11 Å². The molecule has 0 aromatic heterocycles. The van der Waals surface area contributed by atoms with Crippen molar-refractivity contribution in [2.75, 3.05) is 13.7 Å². The van der Waals surface area contributed by atoms with Crippen LogP contribution in [0.1, 0.15) is 56.7 Å². The predicted octanol–water partition coefficient (Wildman–Crippen LogP) is 3.86. The maximum atomic E-state index is 5.68. The van der Waals surface area contributed by atoms with Crippen LogP contribution in [0, 0.1) is 0 Å². The Labute approximate surface area is 117 Å². The topological polar surface area (TPSA) is 21.3 Å². The maximum absolute atomic E-state index is 5.68. The second-order valence-electron chi connectivity index (χ2n) is 5.68. The van der Waals surface area contributed by atoms with Crippen LogP contribution in [-0.4, -0.2) is 19.3 Å². The highest BCUT2D eigenvalue weighted by Crippen LogP contribution is 2.35. The molecule has 1 aromatic rings. The van der Waals surface area contributed by atoms with E-state index < -0.39 is 0 Å². The van der Waals surface area contributed by atoms with Crippen LogP contribution >= 0.6 is 0 Å². The van der Waals surface area contributed by atoms with Gasteiger partial charge in [-0.25, -0.2) is 0 Å². The maximum Gasteiger partial charge on any atom is 0.0802 e. The number of aryl methyl sites for hydroxylation is 1. The van der Waals surface area contributed by atoms with Gasteiger partial charge in [-0.05, 0) is 43.2 Å². The molecule has 0 amide bonds. The molecule has 0 radical (unpaired) electrons. The summed E-state index contributed by atoms with van der Waals surface area (Å²) < 4.78 is 5.68. The summed E-state index contributed by atoms with van der Waals surface area (Å²) in [4.78, 5) is 0. The fourth-order valence-electron chi connectivity index (χ4n) is 2.82. The van der Waals surface area contributed by atoms with Crippen LogP contribution < -0.4 is 5.32 Å². The number of methoxy groups -OCH3 is 1. The first-order valence-electron chi connectivity index (χ1n) is 7.60. The van der Waals surface area contributed by atoms with Gasteiger partial charge >= 0.3 is 0 Å². The Morgan fingerprint density at radius 3 is 2.32 bits per heavy atom.